The van der Waals surface area contributed by atoms with E-state index in [0.717, 1.165) is 37.2 Å². The lowest BCUT2D eigenvalue weighted by atomic mass is 10.1. The molecule has 6 heteroatoms. The molecule has 0 radical (unpaired) electrons. The Morgan fingerprint density at radius 2 is 2.16 bits per heavy atom. The van der Waals surface area contributed by atoms with Crippen molar-refractivity contribution in [2.75, 3.05) is 25.1 Å². The van der Waals surface area contributed by atoms with Crippen molar-refractivity contribution in [2.45, 2.75) is 24.3 Å². The van der Waals surface area contributed by atoms with Gasteiger partial charge in [-0.1, -0.05) is 15.9 Å². The molecule has 0 spiro atoms. The average molecular weight is 329 g/mol. The molecule has 0 saturated carbocycles. The van der Waals surface area contributed by atoms with E-state index < -0.39 is 0 Å². The summed E-state index contributed by atoms with van der Waals surface area (Å²) in [6.07, 6.45) is 2.33. The molecule has 0 amide bonds. The van der Waals surface area contributed by atoms with Crippen molar-refractivity contribution in [1.82, 2.24) is 0 Å². The maximum absolute atomic E-state index is 10.9. The first-order valence-corrected chi connectivity index (χ1v) is 7.39. The van der Waals surface area contributed by atoms with E-state index in [9.17, 15) is 10.1 Å². The van der Waals surface area contributed by atoms with Gasteiger partial charge in [0.25, 0.3) is 5.69 Å². The quantitative estimate of drug-likeness (QED) is 0.484. The predicted octanol–water partition coefficient (Wildman–Crippen LogP) is 3.10. The number of piperidine rings is 1. The van der Waals surface area contributed by atoms with Crippen molar-refractivity contribution in [3.05, 3.63) is 33.9 Å². The Labute approximate surface area is 120 Å². The number of nitro groups is 1. The minimum absolute atomic E-state index is 0.174. The predicted molar refractivity (Wildman–Crippen MR) is 78.0 cm³/mol. The minimum atomic E-state index is -0.336. The first-order valence-electron chi connectivity index (χ1n) is 6.26. The van der Waals surface area contributed by atoms with E-state index in [-0.39, 0.29) is 10.6 Å². The Hall–Kier alpha value is -1.14. The van der Waals surface area contributed by atoms with Gasteiger partial charge in [-0.2, -0.15) is 0 Å². The van der Waals surface area contributed by atoms with Crippen LogP contribution in [0, 0.1) is 10.1 Å². The summed E-state index contributed by atoms with van der Waals surface area (Å²) >= 11 is 3.31. The molecule has 1 aromatic carbocycles. The lowest BCUT2D eigenvalue weighted by Gasteiger charge is -2.33. The molecule has 2 rings (SSSR count). The third-order valence-corrected chi connectivity index (χ3v) is 4.15. The van der Waals surface area contributed by atoms with Crippen LogP contribution in [0.5, 0.6) is 0 Å². The van der Waals surface area contributed by atoms with E-state index in [1.165, 1.54) is 0 Å². The van der Waals surface area contributed by atoms with Crippen LogP contribution < -0.4 is 4.90 Å². The van der Waals surface area contributed by atoms with Crippen LogP contribution in [0.3, 0.4) is 0 Å². The molecule has 1 aliphatic rings. The fraction of sp³-hybridized carbons (Fsp3) is 0.538. The molecule has 0 aliphatic carbocycles. The molecule has 1 aliphatic heterocycles. The number of nitro benzene ring substituents is 1. The SMILES string of the molecule is COC1CCN(c2ccc([N+](=O)[O-])c(CBr)c2)CC1. The number of halogens is 1. The Kier molecular flexibility index (Phi) is 4.76. The molecule has 1 fully saturated rings. The van der Waals surface area contributed by atoms with Gasteiger partial charge < -0.3 is 9.64 Å². The fourth-order valence-corrected chi connectivity index (χ4v) is 2.85. The number of benzene rings is 1. The van der Waals surface area contributed by atoms with Crippen molar-refractivity contribution in [3.63, 3.8) is 0 Å². The number of anilines is 1. The molecule has 0 N–H and O–H groups in total. The third-order valence-electron chi connectivity index (χ3n) is 3.54. The highest BCUT2D eigenvalue weighted by Gasteiger charge is 2.21. The lowest BCUT2D eigenvalue weighted by molar-refractivity contribution is -0.385. The second-order valence-corrected chi connectivity index (χ2v) is 5.19. The van der Waals surface area contributed by atoms with Crippen molar-refractivity contribution in [3.8, 4) is 0 Å². The fourth-order valence-electron chi connectivity index (χ4n) is 2.40. The summed E-state index contributed by atoms with van der Waals surface area (Å²) in [5, 5.41) is 11.4. The van der Waals surface area contributed by atoms with Crippen LogP contribution in [-0.4, -0.2) is 31.2 Å². The second-order valence-electron chi connectivity index (χ2n) is 4.63. The van der Waals surface area contributed by atoms with E-state index in [1.54, 1.807) is 13.2 Å². The number of ether oxygens (including phenoxy) is 1. The molecule has 0 atom stereocenters. The highest BCUT2D eigenvalue weighted by Crippen LogP contribution is 2.28. The molecule has 19 heavy (non-hydrogen) atoms. The normalized spacial score (nSPS) is 16.6. The van der Waals surface area contributed by atoms with Gasteiger partial charge in [-0.05, 0) is 25.0 Å². The molecule has 0 bridgehead atoms. The van der Waals surface area contributed by atoms with Crippen LogP contribution in [0.4, 0.5) is 11.4 Å². The third kappa shape index (κ3) is 3.25. The van der Waals surface area contributed by atoms with Crippen molar-refractivity contribution >= 4 is 27.3 Å². The van der Waals surface area contributed by atoms with E-state index in [4.69, 9.17) is 4.74 Å². The van der Waals surface area contributed by atoms with Gasteiger partial charge in [-0.3, -0.25) is 10.1 Å². The molecule has 5 nitrogen and oxygen atoms in total. The summed E-state index contributed by atoms with van der Waals surface area (Å²) in [6.45, 7) is 1.86. The van der Waals surface area contributed by atoms with Crippen molar-refractivity contribution < 1.29 is 9.66 Å². The zero-order valence-electron chi connectivity index (χ0n) is 10.8. The van der Waals surface area contributed by atoms with Gasteiger partial charge in [0, 0.05) is 42.8 Å². The maximum atomic E-state index is 10.9. The largest absolute Gasteiger partial charge is 0.381 e. The maximum Gasteiger partial charge on any atom is 0.273 e. The van der Waals surface area contributed by atoms with E-state index in [2.05, 4.69) is 20.8 Å². The first kappa shape index (κ1) is 14.3. The number of rotatable bonds is 4. The van der Waals surface area contributed by atoms with Crippen LogP contribution in [0.2, 0.25) is 0 Å². The van der Waals surface area contributed by atoms with Crippen LogP contribution in [-0.2, 0) is 10.1 Å². The first-order chi connectivity index (χ1) is 9.15. The topological polar surface area (TPSA) is 55.6 Å². The number of methoxy groups -OCH3 is 1. The smallest absolute Gasteiger partial charge is 0.273 e. The molecule has 1 heterocycles. The molecule has 1 aromatic rings. The van der Waals surface area contributed by atoms with E-state index in [0.29, 0.717) is 11.4 Å². The van der Waals surface area contributed by atoms with E-state index >= 15 is 0 Å². The molecule has 1 saturated heterocycles. The van der Waals surface area contributed by atoms with Gasteiger partial charge in [0.2, 0.25) is 0 Å². The Morgan fingerprint density at radius 1 is 1.47 bits per heavy atom. The summed E-state index contributed by atoms with van der Waals surface area (Å²) in [7, 11) is 1.75. The highest BCUT2D eigenvalue weighted by molar-refractivity contribution is 9.08. The van der Waals surface area contributed by atoms with Gasteiger partial charge in [0.05, 0.1) is 11.0 Å². The number of hydrogen-bond donors (Lipinski definition) is 0. The molecule has 0 unspecified atom stereocenters. The molecular formula is C13H17BrN2O3. The Morgan fingerprint density at radius 3 is 2.68 bits per heavy atom. The summed E-state index contributed by atoms with van der Waals surface area (Å²) in [5.41, 5.74) is 1.94. The zero-order valence-corrected chi connectivity index (χ0v) is 12.4. The lowest BCUT2D eigenvalue weighted by Crippen LogP contribution is -2.36. The highest BCUT2D eigenvalue weighted by atomic mass is 79.9. The number of hydrogen-bond acceptors (Lipinski definition) is 4. The summed E-state index contributed by atoms with van der Waals surface area (Å²) in [5.74, 6) is 0. The van der Waals surface area contributed by atoms with Gasteiger partial charge >= 0.3 is 0 Å². The minimum Gasteiger partial charge on any atom is -0.381 e. The molecule has 104 valence electrons. The molecular weight excluding hydrogens is 312 g/mol. The van der Waals surface area contributed by atoms with Crippen LogP contribution in [0.25, 0.3) is 0 Å². The number of alkyl halides is 1. The van der Waals surface area contributed by atoms with Crippen molar-refractivity contribution in [2.24, 2.45) is 0 Å². The Bertz CT molecular complexity index is 459. The van der Waals surface area contributed by atoms with Gasteiger partial charge in [-0.15, -0.1) is 0 Å². The zero-order chi connectivity index (χ0) is 13.8. The van der Waals surface area contributed by atoms with Crippen LogP contribution in [0.15, 0.2) is 18.2 Å². The molecule has 0 aromatic heterocycles. The van der Waals surface area contributed by atoms with Gasteiger partial charge in [0.1, 0.15) is 0 Å². The monoisotopic (exact) mass is 328 g/mol. The second kappa shape index (κ2) is 6.34. The van der Waals surface area contributed by atoms with Gasteiger partial charge in [-0.25, -0.2) is 0 Å². The van der Waals surface area contributed by atoms with Gasteiger partial charge in [0.15, 0.2) is 0 Å². The standard InChI is InChI=1S/C13H17BrN2O3/c1-19-12-4-6-15(7-5-12)11-2-3-13(16(17)18)10(8-11)9-14/h2-3,8,12H,4-7,9H2,1H3. The van der Waals surface area contributed by atoms with Crippen molar-refractivity contribution in [1.29, 1.82) is 0 Å². The summed E-state index contributed by atoms with van der Waals surface area (Å²) < 4.78 is 5.35. The van der Waals surface area contributed by atoms with E-state index in [1.807, 2.05) is 12.1 Å². The van der Waals surface area contributed by atoms with Crippen LogP contribution in [0.1, 0.15) is 18.4 Å². The summed E-state index contributed by atoms with van der Waals surface area (Å²) in [6, 6.07) is 5.33. The number of nitrogens with zero attached hydrogens (tertiary/aromatic N) is 2. The van der Waals surface area contributed by atoms with Crippen LogP contribution >= 0.6 is 15.9 Å². The Balaban J connectivity index is 2.15. The average Bonchev–Trinajstić information content (AvgIpc) is 2.46. The summed E-state index contributed by atoms with van der Waals surface area (Å²) in [4.78, 5) is 12.8.